The highest BCUT2D eigenvalue weighted by Crippen LogP contribution is 2.25. The molecule has 1 heterocycles. The molecule has 0 saturated carbocycles. The molecular formula is C17H25ClN2O. The van der Waals surface area contributed by atoms with Crippen molar-refractivity contribution in [3.63, 3.8) is 0 Å². The van der Waals surface area contributed by atoms with Crippen LogP contribution in [-0.4, -0.2) is 36.4 Å². The molecule has 21 heavy (non-hydrogen) atoms. The number of likely N-dealkylation sites (tertiary alicyclic amines) is 1. The number of halogens is 1. The summed E-state index contributed by atoms with van der Waals surface area (Å²) in [5.41, 5.74) is 7.02. The van der Waals surface area contributed by atoms with Crippen molar-refractivity contribution in [3.8, 4) is 0 Å². The van der Waals surface area contributed by atoms with Crippen LogP contribution < -0.4 is 5.73 Å². The van der Waals surface area contributed by atoms with E-state index < -0.39 is 0 Å². The first-order chi connectivity index (χ1) is 9.97. The van der Waals surface area contributed by atoms with Crippen LogP contribution in [0.4, 0.5) is 0 Å². The van der Waals surface area contributed by atoms with Gasteiger partial charge >= 0.3 is 0 Å². The predicted molar refractivity (Wildman–Crippen MR) is 87.7 cm³/mol. The van der Waals surface area contributed by atoms with E-state index in [1.807, 2.05) is 38.1 Å². The van der Waals surface area contributed by atoms with E-state index in [-0.39, 0.29) is 11.8 Å². The SMILES string of the molecule is CC(C)C(=O)[C@H](CN1CCC(N)CC1)c1ccc(Cl)cc1. The quantitative estimate of drug-likeness (QED) is 0.909. The third-order valence-electron chi connectivity index (χ3n) is 4.26. The summed E-state index contributed by atoms with van der Waals surface area (Å²) in [6.45, 7) is 6.69. The Morgan fingerprint density at radius 3 is 2.38 bits per heavy atom. The number of benzene rings is 1. The van der Waals surface area contributed by atoms with Gasteiger partial charge < -0.3 is 10.6 Å². The molecule has 2 N–H and O–H groups in total. The van der Waals surface area contributed by atoms with Gasteiger partial charge in [-0.05, 0) is 43.6 Å². The van der Waals surface area contributed by atoms with Crippen molar-refractivity contribution in [1.82, 2.24) is 4.90 Å². The van der Waals surface area contributed by atoms with Crippen LogP contribution in [0, 0.1) is 5.92 Å². The van der Waals surface area contributed by atoms with E-state index in [0.717, 1.165) is 38.0 Å². The molecule has 3 nitrogen and oxygen atoms in total. The van der Waals surface area contributed by atoms with Crippen molar-refractivity contribution in [3.05, 3.63) is 34.9 Å². The zero-order valence-corrected chi connectivity index (χ0v) is 13.6. The molecule has 0 amide bonds. The molecule has 0 bridgehead atoms. The molecule has 4 heteroatoms. The van der Waals surface area contributed by atoms with Crippen LogP contribution >= 0.6 is 11.6 Å². The van der Waals surface area contributed by atoms with Gasteiger partial charge in [0, 0.05) is 23.5 Å². The zero-order valence-electron chi connectivity index (χ0n) is 12.9. The number of Topliss-reactive ketones (excluding diaryl/α,β-unsaturated/α-hetero) is 1. The first-order valence-electron chi connectivity index (χ1n) is 7.74. The standard InChI is InChI=1S/C17H25ClN2O/c1-12(2)17(21)16(13-3-5-14(18)6-4-13)11-20-9-7-15(19)8-10-20/h3-6,12,15-16H,7-11,19H2,1-2H3/t16-/m1/s1. The summed E-state index contributed by atoms with van der Waals surface area (Å²) >= 11 is 5.96. The molecule has 1 saturated heterocycles. The lowest BCUT2D eigenvalue weighted by molar-refractivity contribution is -0.123. The van der Waals surface area contributed by atoms with Crippen molar-refractivity contribution in [2.45, 2.75) is 38.6 Å². The summed E-state index contributed by atoms with van der Waals surface area (Å²) in [6.07, 6.45) is 2.03. The zero-order chi connectivity index (χ0) is 15.4. The minimum atomic E-state index is -0.0726. The highest BCUT2D eigenvalue weighted by molar-refractivity contribution is 6.30. The molecule has 1 aliphatic heterocycles. The molecule has 2 rings (SSSR count). The van der Waals surface area contributed by atoms with Crippen molar-refractivity contribution in [2.75, 3.05) is 19.6 Å². The normalized spacial score (nSPS) is 18.9. The number of nitrogens with zero attached hydrogens (tertiary/aromatic N) is 1. The fourth-order valence-electron chi connectivity index (χ4n) is 2.85. The molecule has 1 fully saturated rings. The maximum Gasteiger partial charge on any atom is 0.144 e. The van der Waals surface area contributed by atoms with E-state index in [2.05, 4.69) is 4.90 Å². The second-order valence-electron chi connectivity index (χ2n) is 6.30. The number of nitrogens with two attached hydrogens (primary N) is 1. The average Bonchev–Trinajstić information content (AvgIpc) is 2.47. The Hall–Kier alpha value is -0.900. The van der Waals surface area contributed by atoms with Crippen LogP contribution in [0.1, 0.15) is 38.2 Å². The highest BCUT2D eigenvalue weighted by atomic mass is 35.5. The summed E-state index contributed by atoms with van der Waals surface area (Å²) < 4.78 is 0. The van der Waals surface area contributed by atoms with Crippen LogP contribution in [0.3, 0.4) is 0 Å². The van der Waals surface area contributed by atoms with Crippen LogP contribution in [-0.2, 0) is 4.79 Å². The Balaban J connectivity index is 2.12. The Morgan fingerprint density at radius 1 is 1.29 bits per heavy atom. The lowest BCUT2D eigenvalue weighted by Crippen LogP contribution is -2.42. The fourth-order valence-corrected chi connectivity index (χ4v) is 2.98. The van der Waals surface area contributed by atoms with E-state index in [9.17, 15) is 4.79 Å². The summed E-state index contributed by atoms with van der Waals surface area (Å²) in [7, 11) is 0. The van der Waals surface area contributed by atoms with Crippen LogP contribution in [0.25, 0.3) is 0 Å². The second kappa shape index (κ2) is 7.39. The molecule has 1 aliphatic rings. The number of hydrogen-bond acceptors (Lipinski definition) is 3. The topological polar surface area (TPSA) is 46.3 Å². The molecule has 0 spiro atoms. The van der Waals surface area contributed by atoms with Gasteiger partial charge in [0.15, 0.2) is 0 Å². The van der Waals surface area contributed by atoms with Gasteiger partial charge in [-0.25, -0.2) is 0 Å². The number of rotatable bonds is 5. The Kier molecular flexibility index (Phi) is 5.80. The van der Waals surface area contributed by atoms with E-state index in [4.69, 9.17) is 17.3 Å². The molecule has 0 unspecified atom stereocenters. The maximum absolute atomic E-state index is 12.6. The van der Waals surface area contributed by atoms with Gasteiger partial charge in [-0.3, -0.25) is 4.79 Å². The summed E-state index contributed by atoms with van der Waals surface area (Å²) in [5.74, 6) is 0.265. The highest BCUT2D eigenvalue weighted by Gasteiger charge is 2.27. The van der Waals surface area contributed by atoms with Gasteiger partial charge in [0.1, 0.15) is 5.78 Å². The first-order valence-corrected chi connectivity index (χ1v) is 8.12. The number of piperidine rings is 1. The van der Waals surface area contributed by atoms with E-state index in [1.54, 1.807) is 0 Å². The summed E-state index contributed by atoms with van der Waals surface area (Å²) in [4.78, 5) is 14.9. The molecule has 116 valence electrons. The predicted octanol–water partition coefficient (Wildman–Crippen LogP) is 3.07. The van der Waals surface area contributed by atoms with E-state index in [0.29, 0.717) is 16.8 Å². The van der Waals surface area contributed by atoms with Crippen molar-refractivity contribution >= 4 is 17.4 Å². The van der Waals surface area contributed by atoms with Gasteiger partial charge in [-0.15, -0.1) is 0 Å². The Morgan fingerprint density at radius 2 is 1.86 bits per heavy atom. The van der Waals surface area contributed by atoms with Gasteiger partial charge in [-0.1, -0.05) is 37.6 Å². The average molecular weight is 309 g/mol. The van der Waals surface area contributed by atoms with Gasteiger partial charge in [0.05, 0.1) is 5.92 Å². The molecule has 0 aromatic heterocycles. The minimum Gasteiger partial charge on any atom is -0.328 e. The molecule has 1 aromatic rings. The monoisotopic (exact) mass is 308 g/mol. The Bertz CT molecular complexity index is 464. The molecule has 0 radical (unpaired) electrons. The lowest BCUT2D eigenvalue weighted by atomic mass is 9.88. The van der Waals surface area contributed by atoms with E-state index in [1.165, 1.54) is 0 Å². The fraction of sp³-hybridized carbons (Fsp3) is 0.588. The summed E-state index contributed by atoms with van der Waals surface area (Å²) in [5, 5.41) is 0.707. The van der Waals surface area contributed by atoms with Crippen LogP contribution in [0.5, 0.6) is 0 Å². The first kappa shape index (κ1) is 16.5. The maximum atomic E-state index is 12.6. The number of ketones is 1. The van der Waals surface area contributed by atoms with Gasteiger partial charge in [-0.2, -0.15) is 0 Å². The molecular weight excluding hydrogens is 284 g/mol. The molecule has 1 atom stereocenters. The Labute approximate surface area is 132 Å². The lowest BCUT2D eigenvalue weighted by Gasteiger charge is -2.33. The minimum absolute atomic E-state index is 0.0396. The van der Waals surface area contributed by atoms with Crippen molar-refractivity contribution < 1.29 is 4.79 Å². The smallest absolute Gasteiger partial charge is 0.144 e. The number of hydrogen-bond donors (Lipinski definition) is 1. The van der Waals surface area contributed by atoms with Crippen LogP contribution in [0.2, 0.25) is 5.02 Å². The van der Waals surface area contributed by atoms with E-state index >= 15 is 0 Å². The second-order valence-corrected chi connectivity index (χ2v) is 6.74. The number of carbonyl (C=O) groups is 1. The van der Waals surface area contributed by atoms with Gasteiger partial charge in [0.2, 0.25) is 0 Å². The van der Waals surface area contributed by atoms with Crippen LogP contribution in [0.15, 0.2) is 24.3 Å². The largest absolute Gasteiger partial charge is 0.328 e. The summed E-state index contributed by atoms with van der Waals surface area (Å²) in [6, 6.07) is 8.00. The third-order valence-corrected chi connectivity index (χ3v) is 4.51. The molecule has 1 aromatic carbocycles. The van der Waals surface area contributed by atoms with Crippen molar-refractivity contribution in [2.24, 2.45) is 11.7 Å². The number of carbonyl (C=O) groups excluding carboxylic acids is 1. The molecule has 0 aliphatic carbocycles. The third kappa shape index (κ3) is 4.53. The van der Waals surface area contributed by atoms with Gasteiger partial charge in [0.25, 0.3) is 0 Å². The van der Waals surface area contributed by atoms with Crippen molar-refractivity contribution in [1.29, 1.82) is 0 Å².